The van der Waals surface area contributed by atoms with Gasteiger partial charge in [0.15, 0.2) is 0 Å². The van der Waals surface area contributed by atoms with Crippen LogP contribution in [0.4, 0.5) is 0 Å². The van der Waals surface area contributed by atoms with Gasteiger partial charge in [0, 0.05) is 12.6 Å². The van der Waals surface area contributed by atoms with Crippen LogP contribution in [-0.2, 0) is 0 Å². The molecular formula is C12H27N. The van der Waals surface area contributed by atoms with Crippen LogP contribution in [0.1, 0.15) is 41.5 Å². The Morgan fingerprint density at radius 1 is 0.846 bits per heavy atom. The van der Waals surface area contributed by atoms with Crippen LogP contribution in [-0.4, -0.2) is 24.5 Å². The summed E-state index contributed by atoms with van der Waals surface area (Å²) < 4.78 is 0. The smallest absolute Gasteiger partial charge is 0.0138 e. The molecule has 80 valence electrons. The van der Waals surface area contributed by atoms with Crippen molar-refractivity contribution in [3.8, 4) is 0 Å². The Morgan fingerprint density at radius 2 is 1.23 bits per heavy atom. The third-order valence-corrected chi connectivity index (χ3v) is 2.53. The maximum atomic E-state index is 2.51. The molecule has 0 aromatic rings. The van der Waals surface area contributed by atoms with Crippen LogP contribution in [0.2, 0.25) is 0 Å². The van der Waals surface area contributed by atoms with Gasteiger partial charge in [-0.05, 0) is 24.8 Å². The second kappa shape index (κ2) is 5.64. The summed E-state index contributed by atoms with van der Waals surface area (Å²) in [5, 5.41) is 0. The summed E-state index contributed by atoms with van der Waals surface area (Å²) in [4.78, 5) is 2.51. The summed E-state index contributed by atoms with van der Waals surface area (Å²) >= 11 is 0. The van der Waals surface area contributed by atoms with Crippen LogP contribution in [0, 0.1) is 17.8 Å². The number of nitrogens with zero attached hydrogens (tertiary/aromatic N) is 1. The topological polar surface area (TPSA) is 3.24 Å². The van der Waals surface area contributed by atoms with Crippen LogP contribution >= 0.6 is 0 Å². The van der Waals surface area contributed by atoms with Crippen molar-refractivity contribution in [2.45, 2.75) is 47.6 Å². The fourth-order valence-electron chi connectivity index (χ4n) is 2.49. The molecule has 0 unspecified atom stereocenters. The van der Waals surface area contributed by atoms with Crippen LogP contribution < -0.4 is 0 Å². The van der Waals surface area contributed by atoms with Gasteiger partial charge >= 0.3 is 0 Å². The van der Waals surface area contributed by atoms with Crippen molar-refractivity contribution in [2.75, 3.05) is 13.6 Å². The van der Waals surface area contributed by atoms with Gasteiger partial charge in [-0.1, -0.05) is 41.5 Å². The van der Waals surface area contributed by atoms with E-state index in [1.54, 1.807) is 0 Å². The molecule has 0 aliphatic heterocycles. The van der Waals surface area contributed by atoms with Gasteiger partial charge in [-0.2, -0.15) is 0 Å². The van der Waals surface area contributed by atoms with Gasteiger partial charge < -0.3 is 4.90 Å². The van der Waals surface area contributed by atoms with E-state index in [4.69, 9.17) is 0 Å². The lowest BCUT2D eigenvalue weighted by atomic mass is 9.91. The van der Waals surface area contributed by atoms with Crippen molar-refractivity contribution in [1.29, 1.82) is 0 Å². The first-order valence-electron chi connectivity index (χ1n) is 5.56. The van der Waals surface area contributed by atoms with E-state index in [2.05, 4.69) is 53.5 Å². The van der Waals surface area contributed by atoms with Crippen molar-refractivity contribution >= 4 is 0 Å². The first kappa shape index (κ1) is 13.0. The van der Waals surface area contributed by atoms with Gasteiger partial charge in [-0.15, -0.1) is 0 Å². The molecule has 0 saturated heterocycles. The van der Waals surface area contributed by atoms with Gasteiger partial charge in [0.1, 0.15) is 0 Å². The molecule has 0 atom stereocenters. The summed E-state index contributed by atoms with van der Waals surface area (Å²) in [5.41, 5.74) is 0. The lowest BCUT2D eigenvalue weighted by Gasteiger charge is -2.35. The van der Waals surface area contributed by atoms with Gasteiger partial charge in [-0.25, -0.2) is 0 Å². The molecule has 0 spiro atoms. The van der Waals surface area contributed by atoms with Crippen molar-refractivity contribution in [2.24, 2.45) is 17.8 Å². The molecule has 0 amide bonds. The molecule has 0 rings (SSSR count). The Hall–Kier alpha value is -0.0400. The Labute approximate surface area is 84.5 Å². The van der Waals surface area contributed by atoms with Crippen LogP contribution in [0.15, 0.2) is 0 Å². The largest absolute Gasteiger partial charge is 0.303 e. The summed E-state index contributed by atoms with van der Waals surface area (Å²) in [6.07, 6.45) is 0. The van der Waals surface area contributed by atoms with E-state index in [9.17, 15) is 0 Å². The monoisotopic (exact) mass is 185 g/mol. The third-order valence-electron chi connectivity index (χ3n) is 2.53. The first-order chi connectivity index (χ1) is 5.86. The normalized spacial score (nSPS) is 12.9. The fourth-order valence-corrected chi connectivity index (χ4v) is 2.49. The maximum Gasteiger partial charge on any atom is 0.0138 e. The average molecular weight is 185 g/mol. The zero-order chi connectivity index (χ0) is 10.6. The van der Waals surface area contributed by atoms with Crippen molar-refractivity contribution in [3.05, 3.63) is 0 Å². The predicted molar refractivity (Wildman–Crippen MR) is 60.9 cm³/mol. The molecule has 13 heavy (non-hydrogen) atoms. The lowest BCUT2D eigenvalue weighted by molar-refractivity contribution is 0.131. The number of hydrogen-bond donors (Lipinski definition) is 0. The predicted octanol–water partition coefficient (Wildman–Crippen LogP) is 3.25. The third kappa shape index (κ3) is 4.66. The molecule has 0 aromatic carbocycles. The average Bonchev–Trinajstić information content (AvgIpc) is 1.81. The molecule has 1 heteroatoms. The minimum Gasteiger partial charge on any atom is -0.303 e. The highest BCUT2D eigenvalue weighted by molar-refractivity contribution is 4.75. The summed E-state index contributed by atoms with van der Waals surface area (Å²) in [7, 11) is 2.25. The van der Waals surface area contributed by atoms with Gasteiger partial charge in [0.25, 0.3) is 0 Å². The Bertz CT molecular complexity index is 119. The van der Waals surface area contributed by atoms with Crippen molar-refractivity contribution < 1.29 is 0 Å². The summed E-state index contributed by atoms with van der Waals surface area (Å²) in [6, 6.07) is 0.724. The first-order valence-corrected chi connectivity index (χ1v) is 5.56. The zero-order valence-electron chi connectivity index (χ0n) is 10.5. The highest BCUT2D eigenvalue weighted by Crippen LogP contribution is 2.18. The van der Waals surface area contributed by atoms with E-state index in [0.29, 0.717) is 0 Å². The molecule has 0 radical (unpaired) electrons. The van der Waals surface area contributed by atoms with E-state index in [-0.39, 0.29) is 0 Å². The fraction of sp³-hybridized carbons (Fsp3) is 1.00. The Kier molecular flexibility index (Phi) is 5.62. The molecule has 0 bridgehead atoms. The quantitative estimate of drug-likeness (QED) is 0.635. The van der Waals surface area contributed by atoms with E-state index in [1.807, 2.05) is 0 Å². The molecule has 0 aromatic heterocycles. The molecular weight excluding hydrogens is 158 g/mol. The molecule has 0 N–H and O–H groups in total. The maximum absolute atomic E-state index is 2.51. The van der Waals surface area contributed by atoms with Crippen LogP contribution in [0.25, 0.3) is 0 Å². The Morgan fingerprint density at radius 3 is 1.46 bits per heavy atom. The second-order valence-corrected chi connectivity index (χ2v) is 5.31. The van der Waals surface area contributed by atoms with E-state index in [1.165, 1.54) is 6.54 Å². The van der Waals surface area contributed by atoms with E-state index in [0.717, 1.165) is 23.8 Å². The van der Waals surface area contributed by atoms with Gasteiger partial charge in [-0.3, -0.25) is 0 Å². The standard InChI is InChI=1S/C12H27N/c1-9(2)8-13(7)12(10(3)4)11(5)6/h9-12H,8H2,1-7H3. The van der Waals surface area contributed by atoms with Crippen molar-refractivity contribution in [1.82, 2.24) is 4.90 Å². The second-order valence-electron chi connectivity index (χ2n) is 5.31. The SMILES string of the molecule is CC(C)CN(C)C(C(C)C)C(C)C. The lowest BCUT2D eigenvalue weighted by Crippen LogP contribution is -2.41. The molecule has 0 aliphatic carbocycles. The van der Waals surface area contributed by atoms with Crippen LogP contribution in [0.3, 0.4) is 0 Å². The molecule has 0 saturated carbocycles. The molecule has 1 nitrogen and oxygen atoms in total. The van der Waals surface area contributed by atoms with E-state index >= 15 is 0 Å². The van der Waals surface area contributed by atoms with Crippen LogP contribution in [0.5, 0.6) is 0 Å². The van der Waals surface area contributed by atoms with Crippen molar-refractivity contribution in [3.63, 3.8) is 0 Å². The van der Waals surface area contributed by atoms with Gasteiger partial charge in [0.05, 0.1) is 0 Å². The molecule has 0 heterocycles. The summed E-state index contributed by atoms with van der Waals surface area (Å²) in [6.45, 7) is 15.1. The minimum absolute atomic E-state index is 0.724. The van der Waals surface area contributed by atoms with E-state index < -0.39 is 0 Å². The van der Waals surface area contributed by atoms with Gasteiger partial charge in [0.2, 0.25) is 0 Å². The number of hydrogen-bond acceptors (Lipinski definition) is 1. The Balaban J connectivity index is 4.20. The minimum atomic E-state index is 0.724. The highest BCUT2D eigenvalue weighted by atomic mass is 15.1. The zero-order valence-corrected chi connectivity index (χ0v) is 10.5. The molecule has 0 fully saturated rings. The highest BCUT2D eigenvalue weighted by Gasteiger charge is 2.22. The molecule has 0 aliphatic rings. The summed E-state index contributed by atoms with van der Waals surface area (Å²) in [5.74, 6) is 2.28. The number of rotatable bonds is 5.